The summed E-state index contributed by atoms with van der Waals surface area (Å²) in [5.41, 5.74) is -2.18. The summed E-state index contributed by atoms with van der Waals surface area (Å²) in [6, 6.07) is 0. The Hall–Kier alpha value is -0.300. The molecule has 0 saturated heterocycles. The van der Waals surface area contributed by atoms with Crippen LogP contribution in [0.4, 0.5) is 0 Å². The van der Waals surface area contributed by atoms with Gasteiger partial charge in [-0.15, -0.1) is 0 Å². The van der Waals surface area contributed by atoms with Crippen LogP contribution in [0.2, 0.25) is 0 Å². The van der Waals surface area contributed by atoms with Crippen LogP contribution in [0.25, 0.3) is 0 Å². The Kier molecular flexibility index (Phi) is 5.37. The average Bonchev–Trinajstić information content (AvgIpc) is 2.91. The number of ketones is 1. The molecule has 0 amide bonds. The van der Waals surface area contributed by atoms with Crippen LogP contribution in [0.3, 0.4) is 0 Å². The van der Waals surface area contributed by atoms with Gasteiger partial charge in [0.2, 0.25) is 12.1 Å². The molecule has 29 heavy (non-hydrogen) atoms. The summed E-state index contributed by atoms with van der Waals surface area (Å²) in [7, 11) is -5.04. The normalized spacial score (nSPS) is 48.3. The molecule has 0 aromatic heterocycles. The Balaban J connectivity index is 1.59. The average molecular weight is 430 g/mol. The molecule has 0 aromatic rings. The van der Waals surface area contributed by atoms with E-state index in [1.54, 1.807) is 0 Å². The first kappa shape index (κ1) is 21.9. The number of aliphatic hydroxyl groups is 2. The Labute approximate surface area is 172 Å². The van der Waals surface area contributed by atoms with Gasteiger partial charge in [0.05, 0.1) is 0 Å². The summed E-state index contributed by atoms with van der Waals surface area (Å²) in [6.07, 6.45) is 7.74. The van der Waals surface area contributed by atoms with Crippen LogP contribution in [-0.2, 0) is 13.9 Å². The van der Waals surface area contributed by atoms with E-state index >= 15 is 0 Å². The number of hydrogen-bond acceptors (Lipinski definition) is 5. The number of carbonyl (C=O) groups is 1. The molecule has 0 heterocycles. The number of Topliss-reactive ketones (excluding diaryl/α,β-unsaturated/α-hetero) is 1. The van der Waals surface area contributed by atoms with E-state index < -0.39 is 30.9 Å². The number of hydrogen-bond donors (Lipinski definition) is 4. The first-order valence-electron chi connectivity index (χ1n) is 11.1. The second kappa shape index (κ2) is 7.11. The topological polar surface area (TPSA) is 124 Å². The molecule has 166 valence electrons. The van der Waals surface area contributed by atoms with Crippen LogP contribution in [0.1, 0.15) is 78.1 Å². The third-order valence-corrected chi connectivity index (χ3v) is 10.1. The first-order chi connectivity index (χ1) is 13.4. The third-order valence-electron chi connectivity index (χ3n) is 9.60. The predicted molar refractivity (Wildman–Crippen MR) is 105 cm³/mol. The molecule has 4 aliphatic rings. The van der Waals surface area contributed by atoms with E-state index in [4.69, 9.17) is 9.79 Å². The van der Waals surface area contributed by atoms with Crippen LogP contribution >= 0.6 is 7.82 Å². The number of phosphoric acid groups is 1. The van der Waals surface area contributed by atoms with Gasteiger partial charge >= 0.3 is 7.82 Å². The first-order valence-corrected chi connectivity index (χ1v) is 12.6. The summed E-state index contributed by atoms with van der Waals surface area (Å²) in [5, 5.41) is 21.4. The Bertz CT molecular complexity index is 722. The molecular formula is C21H35O7P. The molecule has 8 heteroatoms. The van der Waals surface area contributed by atoms with E-state index in [2.05, 4.69) is 11.4 Å². The van der Waals surface area contributed by atoms with Crippen molar-refractivity contribution in [1.29, 1.82) is 0 Å². The van der Waals surface area contributed by atoms with Gasteiger partial charge in [0, 0.05) is 5.41 Å². The monoisotopic (exact) mass is 430 g/mol. The van der Waals surface area contributed by atoms with Crippen molar-refractivity contribution in [1.82, 2.24) is 0 Å². The van der Waals surface area contributed by atoms with Crippen molar-refractivity contribution < 1.29 is 33.9 Å². The highest BCUT2D eigenvalue weighted by Gasteiger charge is 2.67. The van der Waals surface area contributed by atoms with Gasteiger partial charge in [-0.2, -0.15) is 0 Å². The highest BCUT2D eigenvalue weighted by Crippen LogP contribution is 2.68. The van der Waals surface area contributed by atoms with Gasteiger partial charge in [0.25, 0.3) is 0 Å². The SMILES string of the molecule is C[C@]12CCCCC1CC[C@@H]1[C@@H]2CC[C@@]2(C)[C@H]1CC[C@]2(O)C(=O)C(O)OP(=O)(O)O. The Morgan fingerprint density at radius 1 is 1.00 bits per heavy atom. The van der Waals surface area contributed by atoms with Gasteiger partial charge in [-0.1, -0.05) is 26.7 Å². The molecule has 0 aromatic carbocycles. The molecule has 4 fully saturated rings. The minimum absolute atomic E-state index is 0.178. The lowest BCUT2D eigenvalue weighted by molar-refractivity contribution is -0.187. The second-order valence-electron chi connectivity index (χ2n) is 10.6. The van der Waals surface area contributed by atoms with Gasteiger partial charge in [-0.3, -0.25) is 4.79 Å². The quantitative estimate of drug-likeness (QED) is 0.399. The van der Waals surface area contributed by atoms with Gasteiger partial charge in [-0.25, -0.2) is 9.09 Å². The highest BCUT2D eigenvalue weighted by molar-refractivity contribution is 7.46. The van der Waals surface area contributed by atoms with E-state index in [1.807, 2.05) is 6.92 Å². The Morgan fingerprint density at radius 3 is 2.38 bits per heavy atom. The lowest BCUT2D eigenvalue weighted by atomic mass is 9.44. The Morgan fingerprint density at radius 2 is 1.69 bits per heavy atom. The van der Waals surface area contributed by atoms with Crippen molar-refractivity contribution >= 4 is 13.6 Å². The summed E-state index contributed by atoms with van der Waals surface area (Å²) in [6.45, 7) is 4.39. The van der Waals surface area contributed by atoms with Gasteiger partial charge in [-0.05, 0) is 80.5 Å². The molecule has 4 N–H and O–H groups in total. The fourth-order valence-electron chi connectivity index (χ4n) is 8.10. The molecule has 0 spiro atoms. The van der Waals surface area contributed by atoms with Crippen LogP contribution in [0, 0.1) is 34.5 Å². The van der Waals surface area contributed by atoms with Gasteiger partial charge in [0.1, 0.15) is 5.60 Å². The summed E-state index contributed by atoms with van der Waals surface area (Å²) in [4.78, 5) is 30.8. The number of aliphatic hydroxyl groups excluding tert-OH is 1. The fourth-order valence-corrected chi connectivity index (χ4v) is 8.45. The molecule has 7 nitrogen and oxygen atoms in total. The molecule has 0 aliphatic heterocycles. The van der Waals surface area contributed by atoms with Crippen molar-refractivity contribution in [2.24, 2.45) is 34.5 Å². The number of fused-ring (bicyclic) bond motifs is 5. The number of phosphoric ester groups is 1. The highest BCUT2D eigenvalue weighted by atomic mass is 31.2. The molecule has 2 unspecified atom stereocenters. The zero-order chi connectivity index (χ0) is 21.2. The largest absolute Gasteiger partial charge is 0.472 e. The van der Waals surface area contributed by atoms with Crippen LogP contribution < -0.4 is 0 Å². The molecular weight excluding hydrogens is 395 g/mol. The van der Waals surface area contributed by atoms with E-state index in [9.17, 15) is 19.6 Å². The van der Waals surface area contributed by atoms with Crippen molar-refractivity contribution in [3.8, 4) is 0 Å². The minimum Gasteiger partial charge on any atom is -0.381 e. The fraction of sp³-hybridized carbons (Fsp3) is 0.952. The zero-order valence-electron chi connectivity index (χ0n) is 17.4. The molecule has 0 bridgehead atoms. The maximum absolute atomic E-state index is 12.9. The zero-order valence-corrected chi connectivity index (χ0v) is 18.3. The summed E-state index contributed by atoms with van der Waals surface area (Å²) in [5.74, 6) is 1.00. The van der Waals surface area contributed by atoms with Crippen LogP contribution in [0.15, 0.2) is 0 Å². The van der Waals surface area contributed by atoms with Crippen molar-refractivity contribution in [2.45, 2.75) is 89.9 Å². The molecule has 4 rings (SSSR count). The summed E-state index contributed by atoms with van der Waals surface area (Å²) < 4.78 is 15.3. The van der Waals surface area contributed by atoms with E-state index in [0.717, 1.165) is 18.8 Å². The lowest BCUT2D eigenvalue weighted by Gasteiger charge is -2.61. The van der Waals surface area contributed by atoms with Crippen LogP contribution in [0.5, 0.6) is 0 Å². The van der Waals surface area contributed by atoms with Crippen molar-refractivity contribution in [3.63, 3.8) is 0 Å². The predicted octanol–water partition coefficient (Wildman–Crippen LogP) is 3.15. The summed E-state index contributed by atoms with van der Waals surface area (Å²) >= 11 is 0. The van der Waals surface area contributed by atoms with Crippen molar-refractivity contribution in [2.75, 3.05) is 0 Å². The van der Waals surface area contributed by atoms with Crippen LogP contribution in [-0.4, -0.2) is 37.7 Å². The minimum atomic E-state index is -5.04. The lowest BCUT2D eigenvalue weighted by Crippen LogP contribution is -2.60. The third kappa shape index (κ3) is 3.28. The number of rotatable bonds is 4. The van der Waals surface area contributed by atoms with Gasteiger partial charge < -0.3 is 20.0 Å². The smallest absolute Gasteiger partial charge is 0.381 e. The number of carbonyl (C=O) groups excluding carboxylic acids is 1. The van der Waals surface area contributed by atoms with E-state index in [1.165, 1.54) is 32.1 Å². The molecule has 4 saturated carbocycles. The molecule has 4 aliphatic carbocycles. The maximum atomic E-state index is 12.9. The maximum Gasteiger partial charge on any atom is 0.472 e. The van der Waals surface area contributed by atoms with E-state index in [0.29, 0.717) is 30.1 Å². The van der Waals surface area contributed by atoms with Crippen molar-refractivity contribution in [3.05, 3.63) is 0 Å². The van der Waals surface area contributed by atoms with Gasteiger partial charge in [0.15, 0.2) is 0 Å². The second-order valence-corrected chi connectivity index (χ2v) is 11.8. The molecule has 8 atom stereocenters. The standard InChI is InChI=1S/C21H35O7P/c1-19-10-4-3-5-13(19)6-7-14-15(19)8-11-20(2)16(14)9-12-21(20,24)17(22)18(23)28-29(25,26)27/h13-16,18,23-24H,3-12H2,1-2H3,(H2,25,26,27)/t13?,14-,15+,16+,18?,19+,20+,21+/m1/s1. The van der Waals surface area contributed by atoms with E-state index in [-0.39, 0.29) is 12.3 Å². The molecule has 0 radical (unpaired) electrons.